The van der Waals surface area contributed by atoms with E-state index in [1.54, 1.807) is 12.1 Å². The first kappa shape index (κ1) is 15.1. The predicted molar refractivity (Wildman–Crippen MR) is 74.8 cm³/mol. The maximum Gasteiger partial charge on any atom is 0.586 e. The highest BCUT2D eigenvalue weighted by Crippen LogP contribution is 2.41. The molecule has 0 saturated carbocycles. The Morgan fingerprint density at radius 2 is 1.52 bits per heavy atom. The summed E-state index contributed by atoms with van der Waals surface area (Å²) < 4.78 is 34.4. The highest BCUT2D eigenvalue weighted by atomic mass is 19.3. The van der Waals surface area contributed by atoms with Gasteiger partial charge >= 0.3 is 6.29 Å². The lowest BCUT2D eigenvalue weighted by molar-refractivity contribution is -0.286. The lowest BCUT2D eigenvalue weighted by Crippen LogP contribution is -2.25. The van der Waals surface area contributed by atoms with Crippen LogP contribution in [0.25, 0.3) is 0 Å². The molecule has 1 aliphatic rings. The third-order valence-corrected chi connectivity index (χ3v) is 3.30. The van der Waals surface area contributed by atoms with E-state index in [2.05, 4.69) is 14.5 Å². The number of aromatic nitrogens is 1. The Hall–Kier alpha value is -2.83. The lowest BCUT2D eigenvalue weighted by Gasteiger charge is -2.04. The number of halogens is 2. The summed E-state index contributed by atoms with van der Waals surface area (Å²) in [5.41, 5.74) is 0.658. The van der Waals surface area contributed by atoms with Crippen LogP contribution in [0.1, 0.15) is 33.6 Å². The van der Waals surface area contributed by atoms with Gasteiger partial charge in [-0.2, -0.15) is 0 Å². The fourth-order valence-electron chi connectivity index (χ4n) is 2.18. The zero-order chi connectivity index (χ0) is 16.4. The normalized spacial score (nSPS) is 14.5. The molecule has 0 bridgehead atoms. The number of hydrogen-bond donors (Lipinski definition) is 0. The van der Waals surface area contributed by atoms with Crippen LogP contribution < -0.4 is 9.47 Å². The molecular formula is C16H11F2NO4. The Bertz CT molecular complexity index is 762. The Morgan fingerprint density at radius 3 is 2.22 bits per heavy atom. The van der Waals surface area contributed by atoms with Crippen LogP contribution in [0.3, 0.4) is 0 Å². The molecule has 0 atom stereocenters. The number of nitrogens with zero attached hydrogens (tertiary/aromatic N) is 1. The molecule has 0 spiro atoms. The van der Waals surface area contributed by atoms with Crippen LogP contribution in [0.5, 0.6) is 11.5 Å². The zero-order valence-electron chi connectivity index (χ0n) is 11.8. The van der Waals surface area contributed by atoms with Crippen molar-refractivity contribution in [3.8, 4) is 11.5 Å². The van der Waals surface area contributed by atoms with Crippen molar-refractivity contribution in [1.29, 1.82) is 0 Å². The summed E-state index contributed by atoms with van der Waals surface area (Å²) in [5, 5.41) is 0. The number of fused-ring (bicyclic) bond motifs is 1. The second kappa shape index (κ2) is 5.75. The number of ketones is 2. The van der Waals surface area contributed by atoms with Gasteiger partial charge in [0.2, 0.25) is 0 Å². The van der Waals surface area contributed by atoms with Gasteiger partial charge in [0.25, 0.3) is 0 Å². The Kier molecular flexibility index (Phi) is 3.77. The molecule has 1 aromatic carbocycles. The fourth-order valence-corrected chi connectivity index (χ4v) is 2.18. The largest absolute Gasteiger partial charge is 0.586 e. The predicted octanol–water partition coefficient (Wildman–Crippen LogP) is 3.25. The first-order valence-electron chi connectivity index (χ1n) is 6.81. The quantitative estimate of drug-likeness (QED) is 0.792. The Labute approximate surface area is 129 Å². The van der Waals surface area contributed by atoms with E-state index >= 15 is 0 Å². The van der Waals surface area contributed by atoms with Gasteiger partial charge in [-0.05, 0) is 30.3 Å². The second-order valence-corrected chi connectivity index (χ2v) is 4.91. The molecule has 0 saturated heterocycles. The third kappa shape index (κ3) is 3.33. The van der Waals surface area contributed by atoms with E-state index in [9.17, 15) is 18.4 Å². The summed E-state index contributed by atoms with van der Waals surface area (Å²) in [4.78, 5) is 27.8. The van der Waals surface area contributed by atoms with E-state index in [1.807, 2.05) is 0 Å². The van der Waals surface area contributed by atoms with E-state index in [4.69, 9.17) is 0 Å². The number of rotatable bonds is 5. The van der Waals surface area contributed by atoms with Gasteiger partial charge < -0.3 is 9.47 Å². The van der Waals surface area contributed by atoms with E-state index in [0.717, 1.165) is 0 Å². The molecule has 7 heteroatoms. The minimum Gasteiger partial charge on any atom is -0.395 e. The van der Waals surface area contributed by atoms with Crippen LogP contribution in [0.4, 0.5) is 8.78 Å². The molecule has 3 rings (SSSR count). The average Bonchev–Trinajstić information content (AvgIpc) is 2.85. The maximum absolute atomic E-state index is 12.9. The van der Waals surface area contributed by atoms with Crippen LogP contribution in [-0.4, -0.2) is 22.8 Å². The number of hydrogen-bond acceptors (Lipinski definition) is 5. The summed E-state index contributed by atoms with van der Waals surface area (Å²) >= 11 is 0. The van der Waals surface area contributed by atoms with Crippen molar-refractivity contribution in [2.75, 3.05) is 0 Å². The van der Waals surface area contributed by atoms with Crippen molar-refractivity contribution in [2.45, 2.75) is 19.1 Å². The molecule has 0 aliphatic carbocycles. The van der Waals surface area contributed by atoms with Crippen molar-refractivity contribution in [1.82, 2.24) is 4.98 Å². The standard InChI is InChI=1S/C16H11F2NO4/c17-16(18)22-14-4-1-11(9-15(14)23-16)13(21)3-2-12(20)10-5-7-19-8-6-10/h1,4-9H,2-3H2. The molecule has 23 heavy (non-hydrogen) atoms. The summed E-state index contributed by atoms with van der Waals surface area (Å²) in [5.74, 6) is -0.845. The highest BCUT2D eigenvalue weighted by molar-refractivity contribution is 6.02. The Balaban J connectivity index is 1.65. The summed E-state index contributed by atoms with van der Waals surface area (Å²) in [6, 6.07) is 6.93. The first-order valence-corrected chi connectivity index (χ1v) is 6.81. The van der Waals surface area contributed by atoms with Crippen LogP contribution >= 0.6 is 0 Å². The van der Waals surface area contributed by atoms with Crippen molar-refractivity contribution < 1.29 is 27.8 Å². The van der Waals surface area contributed by atoms with Crippen LogP contribution in [-0.2, 0) is 0 Å². The summed E-state index contributed by atoms with van der Waals surface area (Å²) in [7, 11) is 0. The van der Waals surface area contributed by atoms with E-state index < -0.39 is 6.29 Å². The minimum absolute atomic E-state index is 0.0213. The van der Waals surface area contributed by atoms with Gasteiger partial charge in [-0.25, -0.2) is 0 Å². The number of Topliss-reactive ketones (excluding diaryl/α,β-unsaturated/α-hetero) is 2. The van der Waals surface area contributed by atoms with Gasteiger partial charge in [-0.3, -0.25) is 14.6 Å². The molecule has 2 aromatic rings. The molecule has 118 valence electrons. The topological polar surface area (TPSA) is 65.5 Å². The van der Waals surface area contributed by atoms with Gasteiger partial charge in [0, 0.05) is 36.4 Å². The third-order valence-electron chi connectivity index (χ3n) is 3.30. The van der Waals surface area contributed by atoms with Crippen molar-refractivity contribution >= 4 is 11.6 Å². The zero-order valence-corrected chi connectivity index (χ0v) is 11.8. The van der Waals surface area contributed by atoms with Gasteiger partial charge in [-0.15, -0.1) is 8.78 Å². The molecule has 5 nitrogen and oxygen atoms in total. The number of carbonyl (C=O) groups excluding carboxylic acids is 2. The van der Waals surface area contributed by atoms with E-state index in [-0.39, 0.29) is 41.5 Å². The first-order chi connectivity index (χ1) is 10.9. The van der Waals surface area contributed by atoms with Gasteiger partial charge in [0.1, 0.15) is 0 Å². The average molecular weight is 319 g/mol. The smallest absolute Gasteiger partial charge is 0.395 e. The number of ether oxygens (including phenoxy) is 2. The van der Waals surface area contributed by atoms with Crippen LogP contribution in [0.2, 0.25) is 0 Å². The second-order valence-electron chi connectivity index (χ2n) is 4.91. The fraction of sp³-hybridized carbons (Fsp3) is 0.188. The Morgan fingerprint density at radius 1 is 0.913 bits per heavy atom. The number of pyridine rings is 1. The van der Waals surface area contributed by atoms with Gasteiger partial charge in [-0.1, -0.05) is 0 Å². The molecule has 1 aliphatic heterocycles. The molecule has 2 heterocycles. The monoisotopic (exact) mass is 319 g/mol. The SMILES string of the molecule is O=C(CCC(=O)c1ccc2c(c1)OC(F)(F)O2)c1ccncc1. The van der Waals surface area contributed by atoms with Crippen molar-refractivity contribution in [2.24, 2.45) is 0 Å². The van der Waals surface area contributed by atoms with Crippen LogP contribution in [0, 0.1) is 0 Å². The molecule has 0 amide bonds. The molecular weight excluding hydrogens is 308 g/mol. The van der Waals surface area contributed by atoms with Crippen molar-refractivity contribution in [3.63, 3.8) is 0 Å². The van der Waals surface area contributed by atoms with E-state index in [0.29, 0.717) is 5.56 Å². The summed E-state index contributed by atoms with van der Waals surface area (Å²) in [6.07, 6.45) is -0.744. The molecule has 0 radical (unpaired) electrons. The number of benzene rings is 1. The number of alkyl halides is 2. The van der Waals surface area contributed by atoms with Gasteiger partial charge in [0.15, 0.2) is 23.1 Å². The minimum atomic E-state index is -3.72. The van der Waals surface area contributed by atoms with E-state index in [1.165, 1.54) is 30.6 Å². The summed E-state index contributed by atoms with van der Waals surface area (Å²) in [6.45, 7) is 0. The molecule has 0 N–H and O–H groups in total. The molecule has 0 unspecified atom stereocenters. The van der Waals surface area contributed by atoms with Crippen LogP contribution in [0.15, 0.2) is 42.7 Å². The van der Waals surface area contributed by atoms with Gasteiger partial charge in [0.05, 0.1) is 0 Å². The molecule has 0 fully saturated rings. The number of carbonyl (C=O) groups is 2. The highest BCUT2D eigenvalue weighted by Gasteiger charge is 2.43. The van der Waals surface area contributed by atoms with Crippen molar-refractivity contribution in [3.05, 3.63) is 53.9 Å². The lowest BCUT2D eigenvalue weighted by atomic mass is 10.0. The molecule has 1 aromatic heterocycles. The maximum atomic E-state index is 12.9.